The van der Waals surface area contributed by atoms with Crippen molar-refractivity contribution in [1.29, 1.82) is 0 Å². The molecule has 0 radical (unpaired) electrons. The van der Waals surface area contributed by atoms with Gasteiger partial charge in [-0.1, -0.05) is 23.7 Å². The lowest BCUT2D eigenvalue weighted by atomic mass is 10.1. The van der Waals surface area contributed by atoms with Gasteiger partial charge in [-0.05, 0) is 25.0 Å². The second-order valence-electron chi connectivity index (χ2n) is 6.98. The highest BCUT2D eigenvalue weighted by Crippen LogP contribution is 2.30. The lowest BCUT2D eigenvalue weighted by Gasteiger charge is -2.22. The highest BCUT2D eigenvalue weighted by Gasteiger charge is 2.17. The number of carbonyl (C=O) groups is 1. The van der Waals surface area contributed by atoms with Crippen molar-refractivity contribution in [2.75, 3.05) is 30.9 Å². The molecule has 1 aliphatic rings. The molecule has 0 aliphatic carbocycles. The Morgan fingerprint density at radius 2 is 1.97 bits per heavy atom. The van der Waals surface area contributed by atoms with Crippen LogP contribution in [0, 0.1) is 0 Å². The molecular weight excluding hydrogens is 404 g/mol. The number of carbonyl (C=O) groups excluding carboxylic acids is 1. The summed E-state index contributed by atoms with van der Waals surface area (Å²) in [6.45, 7) is 1.52. The number of nitrogens with one attached hydrogen (secondary N) is 3. The summed E-state index contributed by atoms with van der Waals surface area (Å²) in [5.74, 6) is 0.438. The maximum absolute atomic E-state index is 12.1. The predicted octanol–water partition coefficient (Wildman–Crippen LogP) is 4.13. The van der Waals surface area contributed by atoms with Crippen LogP contribution in [-0.4, -0.2) is 40.9 Å². The minimum absolute atomic E-state index is 0.179. The predicted molar refractivity (Wildman–Crippen MR) is 117 cm³/mol. The Kier molecular flexibility index (Phi) is 6.15. The highest BCUT2D eigenvalue weighted by atomic mass is 35.5. The minimum Gasteiger partial charge on any atom is -0.381 e. The van der Waals surface area contributed by atoms with Crippen LogP contribution in [-0.2, 0) is 4.74 Å². The van der Waals surface area contributed by atoms with Crippen LogP contribution in [0.4, 0.5) is 22.9 Å². The van der Waals surface area contributed by atoms with E-state index in [9.17, 15) is 4.79 Å². The number of ether oxygens (including phenoxy) is 1. The average Bonchev–Trinajstić information content (AvgIpc) is 3.25. The number of hydrogen-bond acceptors (Lipinski definition) is 6. The van der Waals surface area contributed by atoms with Crippen molar-refractivity contribution in [1.82, 2.24) is 20.1 Å². The second kappa shape index (κ2) is 9.15. The third kappa shape index (κ3) is 4.55. The number of aromatic nitrogens is 3. The summed E-state index contributed by atoms with van der Waals surface area (Å²) in [5, 5.41) is 14.1. The van der Waals surface area contributed by atoms with Crippen LogP contribution in [0.5, 0.6) is 0 Å². The molecule has 0 bridgehead atoms. The van der Waals surface area contributed by atoms with E-state index in [2.05, 4.69) is 26.0 Å². The largest absolute Gasteiger partial charge is 0.381 e. The fraction of sp³-hybridized carbons (Fsp3) is 0.286. The molecule has 1 amide bonds. The SMILES string of the molecule is CNC(=O)c1ccccc1Nc1cc(Nc2cnn(C3CCOCC3)c2)ncc1Cl. The Morgan fingerprint density at radius 1 is 1.17 bits per heavy atom. The first-order valence-electron chi connectivity index (χ1n) is 9.76. The summed E-state index contributed by atoms with van der Waals surface area (Å²) in [7, 11) is 1.60. The zero-order chi connectivity index (χ0) is 20.9. The Labute approximate surface area is 179 Å². The number of anilines is 4. The molecule has 4 rings (SSSR count). The summed E-state index contributed by atoms with van der Waals surface area (Å²) < 4.78 is 7.39. The van der Waals surface area contributed by atoms with Gasteiger partial charge in [0.1, 0.15) is 5.82 Å². The fourth-order valence-electron chi connectivity index (χ4n) is 3.37. The molecule has 9 heteroatoms. The monoisotopic (exact) mass is 426 g/mol. The summed E-state index contributed by atoms with van der Waals surface area (Å²) in [6, 6.07) is 9.40. The van der Waals surface area contributed by atoms with Gasteiger partial charge >= 0.3 is 0 Å². The normalized spacial score (nSPS) is 14.3. The van der Waals surface area contributed by atoms with Crippen LogP contribution >= 0.6 is 11.6 Å². The molecule has 8 nitrogen and oxygen atoms in total. The zero-order valence-corrected chi connectivity index (χ0v) is 17.3. The van der Waals surface area contributed by atoms with E-state index in [1.54, 1.807) is 31.6 Å². The molecule has 1 aliphatic heterocycles. The Hall–Kier alpha value is -3.10. The van der Waals surface area contributed by atoms with Gasteiger partial charge in [0.15, 0.2) is 0 Å². The smallest absolute Gasteiger partial charge is 0.253 e. The van der Waals surface area contributed by atoms with Gasteiger partial charge in [-0.3, -0.25) is 9.48 Å². The van der Waals surface area contributed by atoms with E-state index in [0.29, 0.717) is 33.8 Å². The van der Waals surface area contributed by atoms with Gasteiger partial charge < -0.3 is 20.7 Å². The fourth-order valence-corrected chi connectivity index (χ4v) is 3.52. The third-order valence-corrected chi connectivity index (χ3v) is 5.26. The first kappa shape index (κ1) is 20.2. The maximum atomic E-state index is 12.1. The molecule has 1 fully saturated rings. The third-order valence-electron chi connectivity index (χ3n) is 4.96. The van der Waals surface area contributed by atoms with Crippen molar-refractivity contribution in [3.05, 3.63) is 59.5 Å². The van der Waals surface area contributed by atoms with E-state index in [-0.39, 0.29) is 5.91 Å². The number of amides is 1. The van der Waals surface area contributed by atoms with E-state index in [1.165, 1.54) is 0 Å². The molecule has 30 heavy (non-hydrogen) atoms. The maximum Gasteiger partial charge on any atom is 0.253 e. The van der Waals surface area contributed by atoms with Crippen LogP contribution in [0.1, 0.15) is 29.2 Å². The zero-order valence-electron chi connectivity index (χ0n) is 16.6. The molecule has 3 heterocycles. The molecule has 1 aromatic carbocycles. The van der Waals surface area contributed by atoms with Gasteiger partial charge in [0.2, 0.25) is 0 Å². The molecular formula is C21H23ClN6O2. The Balaban J connectivity index is 1.52. The van der Waals surface area contributed by atoms with Crippen molar-refractivity contribution >= 4 is 40.4 Å². The summed E-state index contributed by atoms with van der Waals surface area (Å²) in [6.07, 6.45) is 7.23. The van der Waals surface area contributed by atoms with E-state index in [1.807, 2.05) is 29.1 Å². The number of pyridine rings is 1. The van der Waals surface area contributed by atoms with Crippen molar-refractivity contribution in [3.63, 3.8) is 0 Å². The summed E-state index contributed by atoms with van der Waals surface area (Å²) >= 11 is 6.34. The van der Waals surface area contributed by atoms with E-state index >= 15 is 0 Å². The summed E-state index contributed by atoms with van der Waals surface area (Å²) in [4.78, 5) is 16.5. The van der Waals surface area contributed by atoms with Crippen LogP contribution in [0.15, 0.2) is 48.9 Å². The molecule has 0 unspecified atom stereocenters. The number of nitrogens with zero attached hydrogens (tertiary/aromatic N) is 3. The quantitative estimate of drug-likeness (QED) is 0.548. The topological polar surface area (TPSA) is 93.1 Å². The number of rotatable bonds is 6. The van der Waals surface area contributed by atoms with Gasteiger partial charge in [-0.15, -0.1) is 0 Å². The first-order valence-corrected chi connectivity index (χ1v) is 10.1. The number of benzene rings is 1. The van der Waals surface area contributed by atoms with Crippen LogP contribution in [0.2, 0.25) is 5.02 Å². The molecule has 3 aromatic rings. The molecule has 3 N–H and O–H groups in total. The lowest BCUT2D eigenvalue weighted by Crippen LogP contribution is -2.19. The van der Waals surface area contributed by atoms with Crippen LogP contribution in [0.25, 0.3) is 0 Å². The van der Waals surface area contributed by atoms with Crippen LogP contribution in [0.3, 0.4) is 0 Å². The molecule has 156 valence electrons. The van der Waals surface area contributed by atoms with Gasteiger partial charge in [0.25, 0.3) is 5.91 Å². The molecule has 0 spiro atoms. The van der Waals surface area contributed by atoms with E-state index in [4.69, 9.17) is 16.3 Å². The van der Waals surface area contributed by atoms with Gasteiger partial charge in [0.05, 0.1) is 46.1 Å². The molecule has 0 saturated carbocycles. The lowest BCUT2D eigenvalue weighted by molar-refractivity contribution is 0.0662. The molecule has 1 saturated heterocycles. The number of halogens is 1. The molecule has 0 atom stereocenters. The highest BCUT2D eigenvalue weighted by molar-refractivity contribution is 6.33. The van der Waals surface area contributed by atoms with Gasteiger partial charge in [-0.2, -0.15) is 5.10 Å². The number of hydrogen-bond donors (Lipinski definition) is 3. The van der Waals surface area contributed by atoms with Crippen LogP contribution < -0.4 is 16.0 Å². The van der Waals surface area contributed by atoms with Gasteiger partial charge in [0, 0.05) is 32.5 Å². The van der Waals surface area contributed by atoms with Crippen molar-refractivity contribution in [3.8, 4) is 0 Å². The van der Waals surface area contributed by atoms with Crippen molar-refractivity contribution < 1.29 is 9.53 Å². The average molecular weight is 427 g/mol. The van der Waals surface area contributed by atoms with Crippen molar-refractivity contribution in [2.24, 2.45) is 0 Å². The molecule has 2 aromatic heterocycles. The van der Waals surface area contributed by atoms with Crippen molar-refractivity contribution in [2.45, 2.75) is 18.9 Å². The van der Waals surface area contributed by atoms with Gasteiger partial charge in [-0.25, -0.2) is 4.98 Å². The second-order valence-corrected chi connectivity index (χ2v) is 7.38. The summed E-state index contributed by atoms with van der Waals surface area (Å²) in [5.41, 5.74) is 2.67. The standard InChI is InChI=1S/C21H23ClN6O2/c1-23-21(29)16-4-2-3-5-18(16)27-19-10-20(24-12-17(19)22)26-14-11-25-28(13-14)15-6-8-30-9-7-15/h2-5,10-13,15H,6-9H2,1H3,(H,23,29)(H2,24,26,27). The first-order chi connectivity index (χ1) is 14.6. The number of para-hydroxylation sites is 1. The Morgan fingerprint density at radius 3 is 2.77 bits per heavy atom. The Bertz CT molecular complexity index is 1030. The van der Waals surface area contributed by atoms with E-state index in [0.717, 1.165) is 31.7 Å². The van der Waals surface area contributed by atoms with E-state index < -0.39 is 0 Å². The minimum atomic E-state index is -0.179.